The van der Waals surface area contributed by atoms with Gasteiger partial charge in [0, 0.05) is 10.7 Å². The Labute approximate surface area is 138 Å². The van der Waals surface area contributed by atoms with E-state index in [2.05, 4.69) is 38.5 Å². The largest absolute Gasteiger partial charge is 0.473 e. The van der Waals surface area contributed by atoms with Crippen molar-refractivity contribution in [2.45, 2.75) is 19.8 Å². The summed E-state index contributed by atoms with van der Waals surface area (Å²) in [6.07, 6.45) is 3.78. The molecule has 0 aliphatic rings. The van der Waals surface area contributed by atoms with Gasteiger partial charge in [0.2, 0.25) is 0 Å². The fraction of sp³-hybridized carbons (Fsp3) is 0.250. The summed E-state index contributed by atoms with van der Waals surface area (Å²) in [5, 5.41) is 5.23. The summed E-state index contributed by atoms with van der Waals surface area (Å²) in [5.41, 5.74) is 1.28. The molecule has 1 aromatic carbocycles. The molecule has 5 nitrogen and oxygen atoms in total. The first-order chi connectivity index (χ1) is 10.7. The molecule has 6 heteroatoms. The Morgan fingerprint density at radius 2 is 2.05 bits per heavy atom. The van der Waals surface area contributed by atoms with Crippen molar-refractivity contribution in [3.05, 3.63) is 52.6 Å². The van der Waals surface area contributed by atoms with Gasteiger partial charge in [-0.25, -0.2) is 9.78 Å². The molecule has 0 saturated carbocycles. The molecule has 0 unspecified atom stereocenters. The maximum atomic E-state index is 11.7. The van der Waals surface area contributed by atoms with E-state index >= 15 is 0 Å². The topological polar surface area (TPSA) is 63.2 Å². The van der Waals surface area contributed by atoms with Crippen LogP contribution >= 0.6 is 15.9 Å². The van der Waals surface area contributed by atoms with Gasteiger partial charge in [-0.3, -0.25) is 5.32 Å². The summed E-state index contributed by atoms with van der Waals surface area (Å²) in [5.74, 6) is 1.19. The Balaban J connectivity index is 1.74. The Kier molecular flexibility index (Phi) is 6.21. The van der Waals surface area contributed by atoms with Gasteiger partial charge in [0.15, 0.2) is 6.73 Å². The number of aryl methyl sites for hydroxylation is 1. The van der Waals surface area contributed by atoms with Crippen LogP contribution in [0.15, 0.2) is 47.1 Å². The first-order valence-corrected chi connectivity index (χ1v) is 7.85. The van der Waals surface area contributed by atoms with Crippen LogP contribution in [0.3, 0.4) is 0 Å². The highest BCUT2D eigenvalue weighted by Gasteiger charge is 2.03. The van der Waals surface area contributed by atoms with Crippen molar-refractivity contribution in [3.8, 4) is 5.75 Å². The molecule has 0 saturated heterocycles. The standard InChI is InChI=1S/C16H18BrN3O2/c1-2-3-12-4-6-14(7-5-12)22-11-19-16(21)20-15-10-13(17)8-9-18-15/h4-10H,2-3,11H2,1H3,(H2,18,19,20,21). The zero-order valence-corrected chi connectivity index (χ0v) is 13.9. The number of nitrogens with zero attached hydrogens (tertiary/aromatic N) is 1. The van der Waals surface area contributed by atoms with E-state index in [1.54, 1.807) is 18.3 Å². The van der Waals surface area contributed by atoms with Gasteiger partial charge in [0.1, 0.15) is 11.6 Å². The number of carbonyl (C=O) groups excluding carboxylic acids is 1. The number of amides is 2. The number of carbonyl (C=O) groups is 1. The molecule has 0 aliphatic carbocycles. The number of hydrogen-bond donors (Lipinski definition) is 2. The monoisotopic (exact) mass is 363 g/mol. The Morgan fingerprint density at radius 3 is 2.73 bits per heavy atom. The molecular weight excluding hydrogens is 346 g/mol. The van der Waals surface area contributed by atoms with Gasteiger partial charge >= 0.3 is 6.03 Å². The molecule has 2 amide bonds. The van der Waals surface area contributed by atoms with Crippen LogP contribution < -0.4 is 15.4 Å². The highest BCUT2D eigenvalue weighted by molar-refractivity contribution is 9.10. The maximum Gasteiger partial charge on any atom is 0.323 e. The van der Waals surface area contributed by atoms with Crippen LogP contribution in [0, 0.1) is 0 Å². The molecule has 1 heterocycles. The molecule has 0 fully saturated rings. The van der Waals surface area contributed by atoms with Gasteiger partial charge < -0.3 is 10.1 Å². The van der Waals surface area contributed by atoms with Crippen molar-refractivity contribution >= 4 is 27.8 Å². The van der Waals surface area contributed by atoms with Crippen LogP contribution in [0.2, 0.25) is 0 Å². The smallest absolute Gasteiger partial charge is 0.323 e. The van der Waals surface area contributed by atoms with Crippen molar-refractivity contribution in [2.24, 2.45) is 0 Å². The lowest BCUT2D eigenvalue weighted by Crippen LogP contribution is -2.32. The summed E-state index contributed by atoms with van der Waals surface area (Å²) >= 11 is 3.32. The van der Waals surface area contributed by atoms with Crippen LogP contribution in [-0.2, 0) is 6.42 Å². The number of aromatic nitrogens is 1. The van der Waals surface area contributed by atoms with Crippen molar-refractivity contribution in [1.29, 1.82) is 0 Å². The fourth-order valence-electron chi connectivity index (χ4n) is 1.86. The quantitative estimate of drug-likeness (QED) is 0.763. The maximum absolute atomic E-state index is 11.7. The van der Waals surface area contributed by atoms with Crippen LogP contribution in [0.25, 0.3) is 0 Å². The van der Waals surface area contributed by atoms with E-state index in [0.29, 0.717) is 5.82 Å². The van der Waals surface area contributed by atoms with Gasteiger partial charge in [0.05, 0.1) is 0 Å². The second-order valence-corrected chi connectivity index (χ2v) is 5.59. The third kappa shape index (κ3) is 5.37. The van der Waals surface area contributed by atoms with Crippen LogP contribution in [0.4, 0.5) is 10.6 Å². The Bertz CT molecular complexity index is 617. The molecular formula is C16H18BrN3O2. The second kappa shape index (κ2) is 8.38. The zero-order valence-electron chi connectivity index (χ0n) is 12.3. The number of urea groups is 1. The van der Waals surface area contributed by atoms with Crippen LogP contribution in [0.5, 0.6) is 5.75 Å². The number of rotatable bonds is 6. The molecule has 22 heavy (non-hydrogen) atoms. The number of ether oxygens (including phenoxy) is 1. The van der Waals surface area contributed by atoms with Crippen LogP contribution in [0.1, 0.15) is 18.9 Å². The first-order valence-electron chi connectivity index (χ1n) is 7.05. The summed E-state index contributed by atoms with van der Waals surface area (Å²) in [7, 11) is 0. The third-order valence-corrected chi connectivity index (χ3v) is 3.39. The number of pyridine rings is 1. The average Bonchev–Trinajstić information content (AvgIpc) is 2.49. The minimum Gasteiger partial charge on any atom is -0.473 e. The summed E-state index contributed by atoms with van der Waals surface area (Å²) in [6.45, 7) is 2.24. The van der Waals surface area contributed by atoms with Crippen molar-refractivity contribution in [2.75, 3.05) is 12.0 Å². The molecule has 116 valence electrons. The molecule has 2 N–H and O–H groups in total. The molecule has 2 aromatic rings. The van der Waals surface area contributed by atoms with Gasteiger partial charge in [-0.15, -0.1) is 0 Å². The van der Waals surface area contributed by atoms with Gasteiger partial charge in [0.25, 0.3) is 0 Å². The van der Waals surface area contributed by atoms with E-state index in [1.165, 1.54) is 5.56 Å². The number of halogens is 1. The van der Waals surface area contributed by atoms with E-state index in [1.807, 2.05) is 24.3 Å². The highest BCUT2D eigenvalue weighted by Crippen LogP contribution is 2.13. The van der Waals surface area contributed by atoms with Gasteiger partial charge in [-0.2, -0.15) is 0 Å². The van der Waals surface area contributed by atoms with Crippen LogP contribution in [-0.4, -0.2) is 17.7 Å². The normalized spacial score (nSPS) is 10.1. The molecule has 2 rings (SSSR count). The number of anilines is 1. The molecule has 0 radical (unpaired) electrons. The molecule has 1 aromatic heterocycles. The van der Waals surface area contributed by atoms with Gasteiger partial charge in [-0.05, 0) is 36.2 Å². The number of hydrogen-bond acceptors (Lipinski definition) is 3. The molecule has 0 spiro atoms. The summed E-state index contributed by atoms with van der Waals surface area (Å²) in [4.78, 5) is 15.7. The van der Waals surface area contributed by atoms with E-state index in [0.717, 1.165) is 23.1 Å². The highest BCUT2D eigenvalue weighted by atomic mass is 79.9. The molecule has 0 atom stereocenters. The van der Waals surface area contributed by atoms with E-state index in [9.17, 15) is 4.79 Å². The second-order valence-electron chi connectivity index (χ2n) is 4.67. The van der Waals surface area contributed by atoms with E-state index in [-0.39, 0.29) is 12.8 Å². The lowest BCUT2D eigenvalue weighted by molar-refractivity contribution is 0.234. The predicted octanol–water partition coefficient (Wildman–Crippen LogP) is 3.95. The SMILES string of the molecule is CCCc1ccc(OCNC(=O)Nc2cc(Br)ccn2)cc1. The molecule has 0 aliphatic heterocycles. The third-order valence-electron chi connectivity index (χ3n) is 2.90. The predicted molar refractivity (Wildman–Crippen MR) is 90.0 cm³/mol. The summed E-state index contributed by atoms with van der Waals surface area (Å²) < 4.78 is 6.32. The van der Waals surface area contributed by atoms with E-state index in [4.69, 9.17) is 4.74 Å². The lowest BCUT2D eigenvalue weighted by Gasteiger charge is -2.09. The zero-order chi connectivity index (χ0) is 15.8. The Hall–Kier alpha value is -2.08. The number of nitrogens with one attached hydrogen (secondary N) is 2. The van der Waals surface area contributed by atoms with E-state index < -0.39 is 0 Å². The van der Waals surface area contributed by atoms with Crippen molar-refractivity contribution in [3.63, 3.8) is 0 Å². The lowest BCUT2D eigenvalue weighted by atomic mass is 10.1. The minimum absolute atomic E-state index is 0.0902. The Morgan fingerprint density at radius 1 is 1.27 bits per heavy atom. The summed E-state index contributed by atoms with van der Waals surface area (Å²) in [6, 6.07) is 11.0. The van der Waals surface area contributed by atoms with Gasteiger partial charge in [-0.1, -0.05) is 41.4 Å². The minimum atomic E-state index is -0.367. The van der Waals surface area contributed by atoms with Crippen molar-refractivity contribution in [1.82, 2.24) is 10.3 Å². The first kappa shape index (κ1) is 16.3. The van der Waals surface area contributed by atoms with Crippen molar-refractivity contribution < 1.29 is 9.53 Å². The fourth-order valence-corrected chi connectivity index (χ4v) is 2.19. The average molecular weight is 364 g/mol. The molecule has 0 bridgehead atoms. The number of benzene rings is 1.